The van der Waals surface area contributed by atoms with Gasteiger partial charge in [0, 0.05) is 51.8 Å². The van der Waals surface area contributed by atoms with Crippen LogP contribution in [0.4, 0.5) is 0 Å². The molecule has 0 aliphatic carbocycles. The summed E-state index contributed by atoms with van der Waals surface area (Å²) in [6.45, 7) is 5.61. The van der Waals surface area contributed by atoms with Crippen LogP contribution in [0.15, 0.2) is 149 Å². The number of hydrogen-bond acceptors (Lipinski definition) is 8. The standard InChI is InChI=1S/C24H22N2O2S.C22H19N3O2S/c1-16-8-4-5-9-18(16)14-22-20-10-6-7-11-21(20)24(26-25-22)19-13-12-17(2)23(15-19)29(3,27)28;1-15-11-12-17(14-21(15)28(23,26)27)22-19-10-6-5-9-18(19)20(24-25-22)13-16-7-3-2-4-8-16/h4-13,15H,14H2,1-3H3;2-12,14H,13H2,1H3,(H2,23,26,27). The third kappa shape index (κ3) is 8.66. The van der Waals surface area contributed by atoms with E-state index in [0.29, 0.717) is 40.3 Å². The average Bonchev–Trinajstić information content (AvgIpc) is 3.19. The molecule has 0 atom stereocenters. The Balaban J connectivity index is 0.000000174. The summed E-state index contributed by atoms with van der Waals surface area (Å²) in [4.78, 5) is 0.425. The van der Waals surface area contributed by atoms with Gasteiger partial charge in [-0.25, -0.2) is 22.0 Å². The number of aromatic nitrogens is 4. The number of fused-ring (bicyclic) bond motifs is 2. The molecule has 0 radical (unpaired) electrons. The van der Waals surface area contributed by atoms with Crippen LogP contribution in [-0.4, -0.2) is 43.5 Å². The van der Waals surface area contributed by atoms with E-state index in [4.69, 9.17) is 5.14 Å². The first-order valence-corrected chi connectivity index (χ1v) is 21.7. The fraction of sp³-hybridized carbons (Fsp3) is 0.130. The fourth-order valence-electron chi connectivity index (χ4n) is 6.99. The highest BCUT2D eigenvalue weighted by molar-refractivity contribution is 7.90. The van der Waals surface area contributed by atoms with Crippen LogP contribution in [0.5, 0.6) is 0 Å². The topological polar surface area (TPSA) is 146 Å². The minimum Gasteiger partial charge on any atom is -0.225 e. The molecule has 2 heterocycles. The number of benzene rings is 6. The summed E-state index contributed by atoms with van der Waals surface area (Å²) in [5, 5.41) is 27.2. The first kappa shape index (κ1) is 39.1. The van der Waals surface area contributed by atoms with Gasteiger partial charge < -0.3 is 0 Å². The summed E-state index contributed by atoms with van der Waals surface area (Å²) < 4.78 is 48.1. The summed E-state index contributed by atoms with van der Waals surface area (Å²) in [5.74, 6) is 0. The molecule has 0 saturated carbocycles. The van der Waals surface area contributed by atoms with Gasteiger partial charge in [-0.05, 0) is 60.7 Å². The van der Waals surface area contributed by atoms with Crippen LogP contribution in [-0.2, 0) is 32.7 Å². The molecule has 0 aliphatic heterocycles. The molecule has 0 spiro atoms. The molecule has 8 aromatic rings. The van der Waals surface area contributed by atoms with Crippen LogP contribution in [0, 0.1) is 20.8 Å². The van der Waals surface area contributed by atoms with Crippen LogP contribution in [0.3, 0.4) is 0 Å². The highest BCUT2D eigenvalue weighted by atomic mass is 32.2. The molecule has 9 nitrogen and oxygen atoms in total. The highest BCUT2D eigenvalue weighted by Crippen LogP contribution is 2.32. The van der Waals surface area contributed by atoms with Gasteiger partial charge in [-0.3, -0.25) is 0 Å². The monoisotopic (exact) mass is 791 g/mol. The fourth-order valence-corrected chi connectivity index (χ4v) is 8.79. The first-order chi connectivity index (χ1) is 27.3. The molecule has 0 amide bonds. The highest BCUT2D eigenvalue weighted by Gasteiger charge is 2.18. The zero-order valence-electron chi connectivity index (χ0n) is 32.0. The van der Waals surface area contributed by atoms with E-state index < -0.39 is 19.9 Å². The number of aryl methyl sites for hydroxylation is 3. The molecule has 0 unspecified atom stereocenters. The predicted molar refractivity (Wildman–Crippen MR) is 227 cm³/mol. The molecule has 0 aliphatic rings. The Morgan fingerprint density at radius 2 is 0.930 bits per heavy atom. The molecule has 8 rings (SSSR count). The Bertz CT molecular complexity index is 3010. The summed E-state index contributed by atoms with van der Waals surface area (Å²) in [6, 6.07) is 44.9. The molecule has 2 N–H and O–H groups in total. The van der Waals surface area contributed by atoms with Gasteiger partial charge in [0.15, 0.2) is 9.84 Å². The number of hydrogen-bond donors (Lipinski definition) is 1. The van der Waals surface area contributed by atoms with Gasteiger partial charge in [0.1, 0.15) is 11.4 Å². The van der Waals surface area contributed by atoms with Gasteiger partial charge in [-0.1, -0.05) is 127 Å². The molecule has 11 heteroatoms. The average molecular weight is 792 g/mol. The van der Waals surface area contributed by atoms with E-state index in [0.717, 1.165) is 49.6 Å². The Hall–Kier alpha value is -6.14. The number of sulfonamides is 1. The normalized spacial score (nSPS) is 11.7. The van der Waals surface area contributed by atoms with Crippen molar-refractivity contribution in [2.45, 2.75) is 43.4 Å². The lowest BCUT2D eigenvalue weighted by atomic mass is 9.98. The molecule has 0 saturated heterocycles. The molecule has 0 bridgehead atoms. The van der Waals surface area contributed by atoms with E-state index in [9.17, 15) is 16.8 Å². The second-order valence-corrected chi connectivity index (χ2v) is 17.6. The van der Waals surface area contributed by atoms with Crippen molar-refractivity contribution in [2.75, 3.05) is 6.26 Å². The minimum absolute atomic E-state index is 0.101. The zero-order valence-corrected chi connectivity index (χ0v) is 33.6. The van der Waals surface area contributed by atoms with E-state index in [1.54, 1.807) is 32.0 Å². The molecule has 2 aromatic heterocycles. The minimum atomic E-state index is -3.81. The van der Waals surface area contributed by atoms with E-state index in [-0.39, 0.29) is 4.90 Å². The van der Waals surface area contributed by atoms with E-state index >= 15 is 0 Å². The van der Waals surface area contributed by atoms with Crippen molar-refractivity contribution in [2.24, 2.45) is 5.14 Å². The van der Waals surface area contributed by atoms with Crippen molar-refractivity contribution in [3.63, 3.8) is 0 Å². The first-order valence-electron chi connectivity index (χ1n) is 18.3. The Morgan fingerprint density at radius 1 is 0.474 bits per heavy atom. The molecular formula is C46H41N5O4S2. The SMILES string of the molecule is Cc1ccc(-c2nnc(Cc3ccccc3)c3ccccc23)cc1S(N)(=O)=O.Cc1ccccc1Cc1nnc(-c2ccc(C)c(S(C)(=O)=O)c2)c2ccccc12. The van der Waals surface area contributed by atoms with Gasteiger partial charge in [0.2, 0.25) is 10.0 Å². The molecule has 6 aromatic carbocycles. The van der Waals surface area contributed by atoms with E-state index in [1.165, 1.54) is 17.4 Å². The van der Waals surface area contributed by atoms with E-state index in [2.05, 4.69) is 51.6 Å². The van der Waals surface area contributed by atoms with Crippen molar-refractivity contribution >= 4 is 41.4 Å². The van der Waals surface area contributed by atoms with Crippen LogP contribution in [0.25, 0.3) is 44.1 Å². The number of nitrogens with two attached hydrogens (primary N) is 1. The van der Waals surface area contributed by atoms with Crippen LogP contribution in [0.1, 0.15) is 39.2 Å². The zero-order chi connectivity index (χ0) is 40.3. The van der Waals surface area contributed by atoms with Crippen LogP contribution >= 0.6 is 0 Å². The second kappa shape index (κ2) is 16.1. The molecule has 286 valence electrons. The van der Waals surface area contributed by atoms with Gasteiger partial charge >= 0.3 is 0 Å². The maximum atomic E-state index is 12.2. The summed E-state index contributed by atoms with van der Waals surface area (Å²) in [5.41, 5.74) is 9.46. The van der Waals surface area contributed by atoms with Gasteiger partial charge in [-0.15, -0.1) is 10.2 Å². The Labute approximate surface area is 333 Å². The van der Waals surface area contributed by atoms with Gasteiger partial charge in [-0.2, -0.15) is 10.2 Å². The number of rotatable bonds is 8. The quantitative estimate of drug-likeness (QED) is 0.161. The second-order valence-electron chi connectivity index (χ2n) is 14.1. The largest absolute Gasteiger partial charge is 0.238 e. The molecule has 57 heavy (non-hydrogen) atoms. The van der Waals surface area contributed by atoms with Gasteiger partial charge in [0.25, 0.3) is 0 Å². The van der Waals surface area contributed by atoms with Gasteiger partial charge in [0.05, 0.1) is 21.2 Å². The van der Waals surface area contributed by atoms with Crippen molar-refractivity contribution in [1.82, 2.24) is 20.4 Å². The smallest absolute Gasteiger partial charge is 0.225 e. The van der Waals surface area contributed by atoms with Crippen molar-refractivity contribution in [3.8, 4) is 22.5 Å². The number of primary sulfonamides is 1. The van der Waals surface area contributed by atoms with Crippen LogP contribution < -0.4 is 5.14 Å². The molecule has 0 fully saturated rings. The Kier molecular flexibility index (Phi) is 11.1. The Morgan fingerprint density at radius 3 is 1.46 bits per heavy atom. The van der Waals surface area contributed by atoms with E-state index in [1.807, 2.05) is 97.1 Å². The third-order valence-electron chi connectivity index (χ3n) is 9.99. The maximum absolute atomic E-state index is 12.2. The van der Waals surface area contributed by atoms with Crippen LogP contribution in [0.2, 0.25) is 0 Å². The summed E-state index contributed by atoms with van der Waals surface area (Å²) in [6.07, 6.45) is 2.60. The van der Waals surface area contributed by atoms with Crippen molar-refractivity contribution in [3.05, 3.63) is 179 Å². The lowest BCUT2D eigenvalue weighted by Gasteiger charge is -2.12. The summed E-state index contributed by atoms with van der Waals surface area (Å²) in [7, 11) is -7.13. The lowest BCUT2D eigenvalue weighted by Crippen LogP contribution is -2.13. The predicted octanol–water partition coefficient (Wildman–Crippen LogP) is 8.75. The van der Waals surface area contributed by atoms with Crippen molar-refractivity contribution < 1.29 is 16.8 Å². The number of sulfone groups is 1. The number of nitrogens with zero attached hydrogens (tertiary/aromatic N) is 4. The third-order valence-corrected chi connectivity index (χ3v) is 12.3. The molecular weight excluding hydrogens is 751 g/mol. The summed E-state index contributed by atoms with van der Waals surface area (Å²) >= 11 is 0. The maximum Gasteiger partial charge on any atom is 0.238 e. The van der Waals surface area contributed by atoms with Crippen molar-refractivity contribution in [1.29, 1.82) is 0 Å². The lowest BCUT2D eigenvalue weighted by molar-refractivity contribution is 0.596.